The van der Waals surface area contributed by atoms with Gasteiger partial charge in [-0.25, -0.2) is 0 Å². The van der Waals surface area contributed by atoms with Crippen molar-refractivity contribution >= 4 is 29.2 Å². The molecule has 0 spiro atoms. The van der Waals surface area contributed by atoms with E-state index in [-0.39, 0.29) is 5.88 Å². The summed E-state index contributed by atoms with van der Waals surface area (Å²) in [5.74, 6) is -0.574. The van der Waals surface area contributed by atoms with Crippen LogP contribution < -0.4 is 0 Å². The molecule has 0 amide bonds. The molecule has 0 aliphatic rings. The maximum atomic E-state index is 10.7. The molecular formula is C9H16Cl2O2. The summed E-state index contributed by atoms with van der Waals surface area (Å²) in [5.41, 5.74) is -0.511. The van der Waals surface area contributed by atoms with Crippen LogP contribution in [0, 0.1) is 0 Å². The maximum Gasteiger partial charge on any atom is 0.322 e. The van der Waals surface area contributed by atoms with E-state index in [4.69, 9.17) is 27.9 Å². The van der Waals surface area contributed by atoms with Crippen LogP contribution >= 0.6 is 23.2 Å². The predicted octanol–water partition coefficient (Wildman–Crippen LogP) is 3.30. The van der Waals surface area contributed by atoms with Gasteiger partial charge in [-0.2, -0.15) is 0 Å². The van der Waals surface area contributed by atoms with Crippen LogP contribution in [0.4, 0.5) is 0 Å². The summed E-state index contributed by atoms with van der Waals surface area (Å²) in [6.45, 7) is 2.14. The van der Waals surface area contributed by atoms with E-state index < -0.39 is 11.5 Å². The largest absolute Gasteiger partial charge is 0.445 e. The number of carbonyl (C=O) groups is 1. The summed E-state index contributed by atoms with van der Waals surface area (Å²) < 4.78 is 4.77. The minimum absolute atomic E-state index is 0.127. The minimum atomic E-state index is -0.511. The first kappa shape index (κ1) is 13.1. The van der Waals surface area contributed by atoms with Gasteiger partial charge in [0.25, 0.3) is 0 Å². The first-order valence-electron chi connectivity index (χ1n) is 4.60. The molecule has 0 heterocycles. The Kier molecular flexibility index (Phi) is 8.67. The average molecular weight is 227 g/mol. The molecular weight excluding hydrogens is 211 g/mol. The molecule has 0 saturated carbocycles. The van der Waals surface area contributed by atoms with Gasteiger partial charge in [-0.05, 0) is 12.8 Å². The molecule has 1 unspecified atom stereocenters. The lowest BCUT2D eigenvalue weighted by Crippen LogP contribution is -2.13. The second kappa shape index (κ2) is 8.64. The molecule has 0 fully saturated rings. The van der Waals surface area contributed by atoms with Crippen LogP contribution in [-0.2, 0) is 9.53 Å². The Morgan fingerprint density at radius 2 is 2.08 bits per heavy atom. The van der Waals surface area contributed by atoms with Crippen molar-refractivity contribution < 1.29 is 9.53 Å². The van der Waals surface area contributed by atoms with Gasteiger partial charge in [0, 0.05) is 0 Å². The average Bonchev–Trinajstić information content (AvgIpc) is 2.12. The van der Waals surface area contributed by atoms with Crippen molar-refractivity contribution in [1.29, 1.82) is 0 Å². The topological polar surface area (TPSA) is 26.3 Å². The SMILES string of the molecule is CCCCCCC(Cl)OC(=O)CCl. The monoisotopic (exact) mass is 226 g/mol. The zero-order chi connectivity index (χ0) is 10.1. The molecule has 0 aromatic rings. The molecule has 13 heavy (non-hydrogen) atoms. The predicted molar refractivity (Wildman–Crippen MR) is 55.2 cm³/mol. The first-order valence-corrected chi connectivity index (χ1v) is 5.57. The van der Waals surface area contributed by atoms with Gasteiger partial charge in [0.05, 0.1) is 0 Å². The smallest absolute Gasteiger partial charge is 0.322 e. The van der Waals surface area contributed by atoms with Crippen LogP contribution in [0.5, 0.6) is 0 Å². The molecule has 0 bridgehead atoms. The molecule has 0 aliphatic carbocycles. The van der Waals surface area contributed by atoms with Gasteiger partial charge in [-0.1, -0.05) is 37.8 Å². The number of hydrogen-bond acceptors (Lipinski definition) is 2. The Hall–Kier alpha value is 0.0500. The van der Waals surface area contributed by atoms with Crippen LogP contribution in [0.3, 0.4) is 0 Å². The van der Waals surface area contributed by atoms with E-state index in [1.807, 2.05) is 0 Å². The number of unbranched alkanes of at least 4 members (excludes halogenated alkanes) is 3. The van der Waals surface area contributed by atoms with E-state index in [1.54, 1.807) is 0 Å². The summed E-state index contributed by atoms with van der Waals surface area (Å²) in [7, 11) is 0. The van der Waals surface area contributed by atoms with Gasteiger partial charge in [0.1, 0.15) is 5.88 Å². The highest BCUT2D eigenvalue weighted by Gasteiger charge is 2.09. The van der Waals surface area contributed by atoms with E-state index in [0.717, 1.165) is 12.8 Å². The highest BCUT2D eigenvalue weighted by atomic mass is 35.5. The van der Waals surface area contributed by atoms with E-state index in [2.05, 4.69) is 6.92 Å². The quantitative estimate of drug-likeness (QED) is 0.379. The van der Waals surface area contributed by atoms with E-state index in [9.17, 15) is 4.79 Å². The van der Waals surface area contributed by atoms with Crippen molar-refractivity contribution in [2.75, 3.05) is 5.88 Å². The lowest BCUT2D eigenvalue weighted by atomic mass is 10.2. The van der Waals surface area contributed by atoms with Gasteiger partial charge in [-0.15, -0.1) is 11.6 Å². The molecule has 0 aliphatic heterocycles. The van der Waals surface area contributed by atoms with Gasteiger partial charge >= 0.3 is 5.97 Å². The summed E-state index contributed by atoms with van der Waals surface area (Å²) in [4.78, 5) is 10.7. The molecule has 0 saturated heterocycles. The number of alkyl halides is 2. The number of halogens is 2. The molecule has 2 nitrogen and oxygen atoms in total. The number of rotatable bonds is 7. The van der Waals surface area contributed by atoms with Crippen molar-refractivity contribution in [1.82, 2.24) is 0 Å². The lowest BCUT2D eigenvalue weighted by Gasteiger charge is -2.09. The maximum absolute atomic E-state index is 10.7. The van der Waals surface area contributed by atoms with E-state index >= 15 is 0 Å². The van der Waals surface area contributed by atoms with E-state index in [1.165, 1.54) is 12.8 Å². The molecule has 0 N–H and O–H groups in total. The Labute approximate surface area is 89.5 Å². The van der Waals surface area contributed by atoms with Crippen LogP contribution in [0.2, 0.25) is 0 Å². The Bertz CT molecular complexity index is 140. The third kappa shape index (κ3) is 8.38. The lowest BCUT2D eigenvalue weighted by molar-refractivity contribution is -0.142. The fourth-order valence-electron chi connectivity index (χ4n) is 0.965. The van der Waals surface area contributed by atoms with Crippen molar-refractivity contribution in [3.8, 4) is 0 Å². The fourth-order valence-corrected chi connectivity index (χ4v) is 1.28. The first-order chi connectivity index (χ1) is 6.20. The molecule has 0 aromatic carbocycles. The molecule has 4 heteroatoms. The molecule has 1 atom stereocenters. The highest BCUT2D eigenvalue weighted by Crippen LogP contribution is 2.11. The molecule has 0 rings (SSSR count). The molecule has 0 aromatic heterocycles. The highest BCUT2D eigenvalue weighted by molar-refractivity contribution is 6.27. The van der Waals surface area contributed by atoms with Crippen molar-refractivity contribution in [3.05, 3.63) is 0 Å². The number of esters is 1. The van der Waals surface area contributed by atoms with E-state index in [0.29, 0.717) is 6.42 Å². The Morgan fingerprint density at radius 3 is 2.62 bits per heavy atom. The zero-order valence-electron chi connectivity index (χ0n) is 7.89. The summed E-state index contributed by atoms with van der Waals surface area (Å²) >= 11 is 11.0. The van der Waals surface area contributed by atoms with Crippen LogP contribution in [0.15, 0.2) is 0 Å². The second-order valence-electron chi connectivity index (χ2n) is 2.88. The van der Waals surface area contributed by atoms with Gasteiger partial charge in [0.2, 0.25) is 0 Å². The van der Waals surface area contributed by atoms with Gasteiger partial charge in [-0.3, -0.25) is 4.79 Å². The number of hydrogen-bond donors (Lipinski definition) is 0. The number of carbonyl (C=O) groups excluding carboxylic acids is 1. The van der Waals surface area contributed by atoms with Gasteiger partial charge < -0.3 is 4.74 Å². The second-order valence-corrected chi connectivity index (χ2v) is 3.64. The zero-order valence-corrected chi connectivity index (χ0v) is 9.40. The van der Waals surface area contributed by atoms with Crippen LogP contribution in [0.1, 0.15) is 39.0 Å². The summed E-state index contributed by atoms with van der Waals surface area (Å²) in [6, 6.07) is 0. The van der Waals surface area contributed by atoms with Crippen molar-refractivity contribution in [3.63, 3.8) is 0 Å². The molecule has 0 radical (unpaired) electrons. The Balaban J connectivity index is 3.29. The van der Waals surface area contributed by atoms with Crippen molar-refractivity contribution in [2.24, 2.45) is 0 Å². The Morgan fingerprint density at radius 1 is 1.38 bits per heavy atom. The van der Waals surface area contributed by atoms with Gasteiger partial charge in [0.15, 0.2) is 5.56 Å². The van der Waals surface area contributed by atoms with Crippen LogP contribution in [0.25, 0.3) is 0 Å². The minimum Gasteiger partial charge on any atom is -0.445 e. The van der Waals surface area contributed by atoms with Crippen LogP contribution in [-0.4, -0.2) is 17.4 Å². The third-order valence-corrected chi connectivity index (χ3v) is 2.18. The molecule has 78 valence electrons. The van der Waals surface area contributed by atoms with Crippen molar-refractivity contribution in [2.45, 2.75) is 44.6 Å². The number of ether oxygens (including phenoxy) is 1. The summed E-state index contributed by atoms with van der Waals surface area (Å²) in [6.07, 6.45) is 5.24. The normalized spacial score (nSPS) is 12.5. The fraction of sp³-hybridized carbons (Fsp3) is 0.889. The standard InChI is InChI=1S/C9H16Cl2O2/c1-2-3-4-5-6-8(11)13-9(12)7-10/h8H,2-7H2,1H3. The summed E-state index contributed by atoms with van der Waals surface area (Å²) in [5, 5.41) is 0. The third-order valence-electron chi connectivity index (χ3n) is 1.65.